The first-order chi connectivity index (χ1) is 10.3. The van der Waals surface area contributed by atoms with Crippen LogP contribution in [-0.2, 0) is 21.2 Å². The lowest BCUT2D eigenvalue weighted by Gasteiger charge is -2.21. The highest BCUT2D eigenvalue weighted by Crippen LogP contribution is 2.15. The van der Waals surface area contributed by atoms with E-state index in [0.717, 1.165) is 31.5 Å². The molecule has 5 nitrogen and oxygen atoms in total. The molecule has 0 aliphatic carbocycles. The third-order valence-corrected chi connectivity index (χ3v) is 5.23. The van der Waals surface area contributed by atoms with Crippen molar-refractivity contribution in [2.24, 2.45) is 0 Å². The summed E-state index contributed by atoms with van der Waals surface area (Å²) in [6, 6.07) is 6.54. The number of benzene rings is 1. The van der Waals surface area contributed by atoms with Gasteiger partial charge in [0.25, 0.3) is 0 Å². The van der Waals surface area contributed by atoms with Gasteiger partial charge < -0.3 is 4.90 Å². The van der Waals surface area contributed by atoms with Crippen LogP contribution in [0.3, 0.4) is 0 Å². The summed E-state index contributed by atoms with van der Waals surface area (Å²) in [5.74, 6) is 0.0897. The van der Waals surface area contributed by atoms with Gasteiger partial charge in [0.1, 0.15) is 0 Å². The van der Waals surface area contributed by atoms with Crippen LogP contribution in [0.25, 0.3) is 0 Å². The number of nitrogens with zero attached hydrogens (tertiary/aromatic N) is 2. The lowest BCUT2D eigenvalue weighted by atomic mass is 10.1. The predicted molar refractivity (Wildman–Crippen MR) is 88.2 cm³/mol. The molecule has 1 rings (SSSR count). The zero-order valence-electron chi connectivity index (χ0n) is 13.9. The third kappa shape index (κ3) is 4.81. The number of sulfonamides is 1. The van der Waals surface area contributed by atoms with E-state index in [1.807, 2.05) is 4.90 Å². The van der Waals surface area contributed by atoms with Crippen molar-refractivity contribution in [2.45, 2.75) is 38.0 Å². The van der Waals surface area contributed by atoms with Crippen molar-refractivity contribution in [3.05, 3.63) is 29.8 Å². The molecule has 1 amide bonds. The van der Waals surface area contributed by atoms with Gasteiger partial charge in [-0.15, -0.1) is 0 Å². The van der Waals surface area contributed by atoms with Gasteiger partial charge in [-0.1, -0.05) is 26.0 Å². The van der Waals surface area contributed by atoms with Crippen molar-refractivity contribution in [3.8, 4) is 0 Å². The molecule has 0 heterocycles. The molecule has 1 aromatic carbocycles. The van der Waals surface area contributed by atoms with Crippen molar-refractivity contribution in [1.29, 1.82) is 0 Å². The van der Waals surface area contributed by atoms with Crippen LogP contribution in [0.4, 0.5) is 0 Å². The van der Waals surface area contributed by atoms with Gasteiger partial charge in [0.2, 0.25) is 15.9 Å². The molecular weight excluding hydrogens is 300 g/mol. The zero-order valence-corrected chi connectivity index (χ0v) is 14.7. The van der Waals surface area contributed by atoms with Crippen LogP contribution in [0.5, 0.6) is 0 Å². The Morgan fingerprint density at radius 3 is 1.91 bits per heavy atom. The largest absolute Gasteiger partial charge is 0.342 e. The third-order valence-electron chi connectivity index (χ3n) is 3.40. The topological polar surface area (TPSA) is 57.7 Å². The van der Waals surface area contributed by atoms with E-state index in [1.165, 1.54) is 18.4 Å². The van der Waals surface area contributed by atoms with Gasteiger partial charge in [-0.25, -0.2) is 12.7 Å². The summed E-state index contributed by atoms with van der Waals surface area (Å²) < 4.78 is 25.2. The second-order valence-corrected chi connectivity index (χ2v) is 7.64. The fraction of sp³-hybridized carbons (Fsp3) is 0.562. The Bertz CT molecular complexity index is 574. The minimum Gasteiger partial charge on any atom is -0.342 e. The first-order valence-corrected chi connectivity index (χ1v) is 9.06. The number of carbonyl (C=O) groups excluding carboxylic acids is 1. The maximum Gasteiger partial charge on any atom is 0.242 e. The summed E-state index contributed by atoms with van der Waals surface area (Å²) in [4.78, 5) is 14.4. The monoisotopic (exact) mass is 326 g/mol. The maximum atomic E-state index is 12.3. The molecule has 0 bridgehead atoms. The summed E-state index contributed by atoms with van der Waals surface area (Å²) in [6.45, 7) is 5.63. The standard InChI is InChI=1S/C16H26N2O3S/c1-5-11-18(12-6-2)16(19)13-14-7-9-15(10-8-14)22(20,21)17(3)4/h7-10H,5-6,11-13H2,1-4H3. The average molecular weight is 326 g/mol. The number of hydrogen-bond donors (Lipinski definition) is 0. The van der Waals surface area contributed by atoms with Crippen molar-refractivity contribution in [3.63, 3.8) is 0 Å². The van der Waals surface area contributed by atoms with E-state index in [-0.39, 0.29) is 10.8 Å². The Balaban J connectivity index is 2.81. The Morgan fingerprint density at radius 2 is 1.50 bits per heavy atom. The van der Waals surface area contributed by atoms with E-state index in [9.17, 15) is 13.2 Å². The molecule has 0 aliphatic heterocycles. The van der Waals surface area contributed by atoms with Crippen LogP contribution < -0.4 is 0 Å². The maximum absolute atomic E-state index is 12.3. The quantitative estimate of drug-likeness (QED) is 0.735. The Kier molecular flexibility index (Phi) is 7.03. The van der Waals surface area contributed by atoms with E-state index >= 15 is 0 Å². The summed E-state index contributed by atoms with van der Waals surface area (Å²) in [7, 11) is -0.417. The Morgan fingerprint density at radius 1 is 1.00 bits per heavy atom. The van der Waals surface area contributed by atoms with Crippen molar-refractivity contribution >= 4 is 15.9 Å². The molecule has 6 heteroatoms. The van der Waals surface area contributed by atoms with Gasteiger partial charge in [0, 0.05) is 27.2 Å². The van der Waals surface area contributed by atoms with Gasteiger partial charge >= 0.3 is 0 Å². The molecule has 0 fully saturated rings. The van der Waals surface area contributed by atoms with Crippen LogP contribution in [0.15, 0.2) is 29.2 Å². The predicted octanol–water partition coefficient (Wildman–Crippen LogP) is 2.13. The Labute approximate surface area is 134 Å². The molecule has 0 atom stereocenters. The van der Waals surface area contributed by atoms with Gasteiger partial charge in [-0.3, -0.25) is 4.79 Å². The fourth-order valence-corrected chi connectivity index (χ4v) is 3.08. The molecule has 0 radical (unpaired) electrons. The highest BCUT2D eigenvalue weighted by molar-refractivity contribution is 7.89. The zero-order chi connectivity index (χ0) is 16.8. The Hall–Kier alpha value is -1.40. The van der Waals surface area contributed by atoms with Crippen molar-refractivity contribution < 1.29 is 13.2 Å². The van der Waals surface area contributed by atoms with Crippen LogP contribution in [0.2, 0.25) is 0 Å². The molecule has 0 spiro atoms. The van der Waals surface area contributed by atoms with E-state index < -0.39 is 10.0 Å². The number of carbonyl (C=O) groups is 1. The summed E-state index contributed by atoms with van der Waals surface area (Å²) in [6.07, 6.45) is 2.18. The lowest BCUT2D eigenvalue weighted by Crippen LogP contribution is -2.33. The van der Waals surface area contributed by atoms with E-state index in [1.54, 1.807) is 24.3 Å². The SMILES string of the molecule is CCCN(CCC)C(=O)Cc1ccc(S(=O)(=O)N(C)C)cc1. The molecule has 0 unspecified atom stereocenters. The fourth-order valence-electron chi connectivity index (χ4n) is 2.18. The van der Waals surface area contributed by atoms with Crippen molar-refractivity contribution in [1.82, 2.24) is 9.21 Å². The van der Waals surface area contributed by atoms with Crippen molar-refractivity contribution in [2.75, 3.05) is 27.2 Å². The second kappa shape index (κ2) is 8.29. The van der Waals surface area contributed by atoms with Gasteiger partial charge in [-0.2, -0.15) is 0 Å². The number of hydrogen-bond acceptors (Lipinski definition) is 3. The average Bonchev–Trinajstić information content (AvgIpc) is 2.47. The molecule has 0 N–H and O–H groups in total. The molecule has 1 aromatic rings. The summed E-state index contributed by atoms with van der Waals surface area (Å²) in [5.41, 5.74) is 0.833. The highest BCUT2D eigenvalue weighted by atomic mass is 32.2. The molecule has 0 aliphatic rings. The first-order valence-electron chi connectivity index (χ1n) is 7.62. The minimum absolute atomic E-state index is 0.0897. The second-order valence-electron chi connectivity index (χ2n) is 5.49. The van der Waals surface area contributed by atoms with Crippen LogP contribution >= 0.6 is 0 Å². The van der Waals surface area contributed by atoms with E-state index in [2.05, 4.69) is 13.8 Å². The molecule has 0 saturated heterocycles. The van der Waals surface area contributed by atoms with E-state index in [4.69, 9.17) is 0 Å². The number of amides is 1. The summed E-state index contributed by atoms with van der Waals surface area (Å²) in [5, 5.41) is 0. The van der Waals surface area contributed by atoms with Gasteiger partial charge in [0.15, 0.2) is 0 Å². The lowest BCUT2D eigenvalue weighted by molar-refractivity contribution is -0.130. The van der Waals surface area contributed by atoms with E-state index in [0.29, 0.717) is 6.42 Å². The normalized spacial score (nSPS) is 11.7. The minimum atomic E-state index is -3.42. The molecule has 22 heavy (non-hydrogen) atoms. The molecule has 0 aromatic heterocycles. The molecule has 0 saturated carbocycles. The molecular formula is C16H26N2O3S. The highest BCUT2D eigenvalue weighted by Gasteiger charge is 2.17. The van der Waals surface area contributed by atoms with Crippen LogP contribution in [0, 0.1) is 0 Å². The smallest absolute Gasteiger partial charge is 0.242 e. The van der Waals surface area contributed by atoms with Gasteiger partial charge in [0.05, 0.1) is 11.3 Å². The van der Waals surface area contributed by atoms with Gasteiger partial charge in [-0.05, 0) is 30.5 Å². The molecule has 124 valence electrons. The van der Waals surface area contributed by atoms with Crippen LogP contribution in [0.1, 0.15) is 32.3 Å². The summed E-state index contributed by atoms with van der Waals surface area (Å²) >= 11 is 0. The first kappa shape index (κ1) is 18.6. The van der Waals surface area contributed by atoms with Crippen LogP contribution in [-0.4, -0.2) is 50.7 Å². The number of rotatable bonds is 8.